The molecule has 0 saturated carbocycles. The average Bonchev–Trinajstić information content (AvgIpc) is 2.79. The standard InChI is InChI=1S/C11H16ClNOS/c12-7-11-8-14-5-4-13(11)3-1-10-2-6-15-9-10/h2,6,9,11H,1,3-5,7-8H2. The van der Waals surface area contributed by atoms with Gasteiger partial charge in [-0.2, -0.15) is 11.3 Å². The Morgan fingerprint density at radius 2 is 2.53 bits per heavy atom. The van der Waals surface area contributed by atoms with Gasteiger partial charge in [-0.05, 0) is 28.8 Å². The molecule has 1 aliphatic rings. The Hall–Kier alpha value is -0.0900. The number of thiophene rings is 1. The molecule has 15 heavy (non-hydrogen) atoms. The van der Waals surface area contributed by atoms with E-state index in [0.29, 0.717) is 11.9 Å². The lowest BCUT2D eigenvalue weighted by Crippen LogP contribution is -2.47. The molecule has 0 bridgehead atoms. The van der Waals surface area contributed by atoms with E-state index in [1.54, 1.807) is 11.3 Å². The number of rotatable bonds is 4. The van der Waals surface area contributed by atoms with E-state index >= 15 is 0 Å². The van der Waals surface area contributed by atoms with Gasteiger partial charge < -0.3 is 4.74 Å². The van der Waals surface area contributed by atoms with Gasteiger partial charge in [0.15, 0.2) is 0 Å². The van der Waals surface area contributed by atoms with Crippen molar-refractivity contribution < 1.29 is 4.74 Å². The Morgan fingerprint density at radius 3 is 3.27 bits per heavy atom. The second-order valence-electron chi connectivity index (χ2n) is 3.80. The molecule has 4 heteroatoms. The van der Waals surface area contributed by atoms with Crippen LogP contribution in [0.5, 0.6) is 0 Å². The van der Waals surface area contributed by atoms with Crippen molar-refractivity contribution in [1.29, 1.82) is 0 Å². The molecule has 1 fully saturated rings. The number of hydrogen-bond acceptors (Lipinski definition) is 3. The maximum Gasteiger partial charge on any atom is 0.0634 e. The second-order valence-corrected chi connectivity index (χ2v) is 4.89. The fourth-order valence-corrected chi connectivity index (χ4v) is 2.82. The van der Waals surface area contributed by atoms with Crippen molar-refractivity contribution in [2.75, 3.05) is 32.2 Å². The number of hydrogen-bond donors (Lipinski definition) is 0. The van der Waals surface area contributed by atoms with E-state index < -0.39 is 0 Å². The molecule has 2 rings (SSSR count). The predicted octanol–water partition coefficient (Wildman–Crippen LogP) is 2.23. The molecule has 1 aromatic heterocycles. The Balaban J connectivity index is 1.81. The fraction of sp³-hybridized carbons (Fsp3) is 0.636. The zero-order chi connectivity index (χ0) is 10.5. The van der Waals surface area contributed by atoms with Crippen molar-refractivity contribution >= 4 is 22.9 Å². The van der Waals surface area contributed by atoms with E-state index in [2.05, 4.69) is 21.7 Å². The summed E-state index contributed by atoms with van der Waals surface area (Å²) in [5.41, 5.74) is 1.43. The highest BCUT2D eigenvalue weighted by Gasteiger charge is 2.21. The summed E-state index contributed by atoms with van der Waals surface area (Å²) in [6.45, 7) is 3.74. The van der Waals surface area contributed by atoms with Gasteiger partial charge in [-0.15, -0.1) is 11.6 Å². The molecule has 2 heterocycles. The summed E-state index contributed by atoms with van der Waals surface area (Å²) in [6.07, 6.45) is 1.12. The Kier molecular flexibility index (Phi) is 4.44. The zero-order valence-corrected chi connectivity index (χ0v) is 10.3. The minimum absolute atomic E-state index is 0.402. The topological polar surface area (TPSA) is 12.5 Å². The first-order chi connectivity index (χ1) is 7.40. The maximum absolute atomic E-state index is 5.92. The Labute approximate surface area is 99.8 Å². The third kappa shape index (κ3) is 3.18. The number of halogens is 1. The summed E-state index contributed by atoms with van der Waals surface area (Å²) < 4.78 is 5.42. The van der Waals surface area contributed by atoms with E-state index in [1.807, 2.05) is 0 Å². The van der Waals surface area contributed by atoms with Gasteiger partial charge in [-0.1, -0.05) is 0 Å². The Morgan fingerprint density at radius 1 is 1.60 bits per heavy atom. The molecule has 1 aromatic rings. The Bertz CT molecular complexity index is 278. The quantitative estimate of drug-likeness (QED) is 0.755. The molecule has 84 valence electrons. The second kappa shape index (κ2) is 5.85. The van der Waals surface area contributed by atoms with Crippen LogP contribution in [0.1, 0.15) is 5.56 Å². The van der Waals surface area contributed by atoms with E-state index in [0.717, 1.165) is 32.7 Å². The molecule has 1 unspecified atom stereocenters. The van der Waals surface area contributed by atoms with E-state index in [-0.39, 0.29) is 0 Å². The van der Waals surface area contributed by atoms with Crippen molar-refractivity contribution in [2.24, 2.45) is 0 Å². The van der Waals surface area contributed by atoms with Crippen molar-refractivity contribution in [3.05, 3.63) is 22.4 Å². The third-order valence-corrected chi connectivity index (χ3v) is 3.88. The van der Waals surface area contributed by atoms with E-state index in [1.165, 1.54) is 5.56 Å². The molecule has 0 spiro atoms. The SMILES string of the molecule is ClCC1COCCN1CCc1ccsc1. The molecular weight excluding hydrogens is 230 g/mol. The van der Waals surface area contributed by atoms with E-state index in [4.69, 9.17) is 16.3 Å². The lowest BCUT2D eigenvalue weighted by molar-refractivity contribution is 0.00169. The molecule has 2 nitrogen and oxygen atoms in total. The van der Waals surface area contributed by atoms with Crippen LogP contribution in [0, 0.1) is 0 Å². The molecule has 0 amide bonds. The fourth-order valence-electron chi connectivity index (χ4n) is 1.83. The van der Waals surface area contributed by atoms with Gasteiger partial charge in [-0.25, -0.2) is 0 Å². The van der Waals surface area contributed by atoms with Gasteiger partial charge in [0.1, 0.15) is 0 Å². The van der Waals surface area contributed by atoms with Crippen LogP contribution in [-0.2, 0) is 11.2 Å². The first-order valence-electron chi connectivity index (χ1n) is 5.29. The third-order valence-electron chi connectivity index (χ3n) is 2.80. The molecule has 0 N–H and O–H groups in total. The summed E-state index contributed by atoms with van der Waals surface area (Å²) in [6, 6.07) is 2.60. The summed E-state index contributed by atoms with van der Waals surface area (Å²) in [5.74, 6) is 0.670. The zero-order valence-electron chi connectivity index (χ0n) is 8.69. The van der Waals surface area contributed by atoms with Gasteiger partial charge in [0, 0.05) is 25.0 Å². The number of ether oxygens (including phenoxy) is 1. The molecule has 1 atom stereocenters. The minimum Gasteiger partial charge on any atom is -0.378 e. The average molecular weight is 246 g/mol. The van der Waals surface area contributed by atoms with E-state index in [9.17, 15) is 0 Å². The van der Waals surface area contributed by atoms with Gasteiger partial charge in [0.25, 0.3) is 0 Å². The van der Waals surface area contributed by atoms with Gasteiger partial charge >= 0.3 is 0 Å². The highest BCUT2D eigenvalue weighted by Crippen LogP contribution is 2.12. The van der Waals surface area contributed by atoms with Gasteiger partial charge in [0.05, 0.1) is 13.2 Å². The van der Waals surface area contributed by atoms with Crippen LogP contribution < -0.4 is 0 Å². The van der Waals surface area contributed by atoms with Crippen molar-refractivity contribution in [3.63, 3.8) is 0 Å². The van der Waals surface area contributed by atoms with Crippen LogP contribution in [0.15, 0.2) is 16.8 Å². The van der Waals surface area contributed by atoms with Crippen LogP contribution >= 0.6 is 22.9 Å². The minimum atomic E-state index is 0.402. The molecule has 0 radical (unpaired) electrons. The van der Waals surface area contributed by atoms with Gasteiger partial charge in [-0.3, -0.25) is 4.90 Å². The van der Waals surface area contributed by atoms with Crippen molar-refractivity contribution in [1.82, 2.24) is 4.90 Å². The summed E-state index contributed by atoms with van der Waals surface area (Å²) >= 11 is 7.68. The normalized spacial score (nSPS) is 23.1. The highest BCUT2D eigenvalue weighted by molar-refractivity contribution is 7.07. The van der Waals surface area contributed by atoms with Gasteiger partial charge in [0.2, 0.25) is 0 Å². The monoisotopic (exact) mass is 245 g/mol. The van der Waals surface area contributed by atoms with Crippen LogP contribution in [-0.4, -0.2) is 43.1 Å². The highest BCUT2D eigenvalue weighted by atomic mass is 35.5. The number of alkyl halides is 1. The molecule has 1 saturated heterocycles. The van der Waals surface area contributed by atoms with Crippen molar-refractivity contribution in [2.45, 2.75) is 12.5 Å². The van der Waals surface area contributed by atoms with Crippen LogP contribution in [0.25, 0.3) is 0 Å². The summed E-state index contributed by atoms with van der Waals surface area (Å²) in [7, 11) is 0. The summed E-state index contributed by atoms with van der Waals surface area (Å²) in [4.78, 5) is 2.44. The molecule has 1 aliphatic heterocycles. The lowest BCUT2D eigenvalue weighted by Gasteiger charge is -2.34. The smallest absolute Gasteiger partial charge is 0.0634 e. The van der Waals surface area contributed by atoms with Crippen LogP contribution in [0.2, 0.25) is 0 Å². The van der Waals surface area contributed by atoms with Crippen LogP contribution in [0.4, 0.5) is 0 Å². The number of morpholine rings is 1. The number of nitrogens with zero attached hydrogens (tertiary/aromatic N) is 1. The lowest BCUT2D eigenvalue weighted by atomic mass is 10.2. The summed E-state index contributed by atoms with van der Waals surface area (Å²) in [5, 5.41) is 4.35. The molecular formula is C11H16ClNOS. The first-order valence-corrected chi connectivity index (χ1v) is 6.76. The van der Waals surface area contributed by atoms with Crippen LogP contribution in [0.3, 0.4) is 0 Å². The molecule has 0 aliphatic carbocycles. The predicted molar refractivity (Wildman–Crippen MR) is 64.9 cm³/mol. The maximum atomic E-state index is 5.92. The largest absolute Gasteiger partial charge is 0.378 e. The first kappa shape index (κ1) is 11.4. The van der Waals surface area contributed by atoms with Crippen molar-refractivity contribution in [3.8, 4) is 0 Å². The molecule has 0 aromatic carbocycles.